The lowest BCUT2D eigenvalue weighted by molar-refractivity contribution is -0.137. The number of aliphatic carboxylic acids is 1. The monoisotopic (exact) mass is 258 g/mol. The van der Waals surface area contributed by atoms with Gasteiger partial charge in [0.25, 0.3) is 0 Å². The van der Waals surface area contributed by atoms with Crippen LogP contribution in [0.4, 0.5) is 0 Å². The minimum atomic E-state index is -0.804. The molecule has 0 amide bonds. The van der Waals surface area contributed by atoms with E-state index in [1.807, 2.05) is 24.3 Å². The van der Waals surface area contributed by atoms with Crippen LogP contribution in [0.5, 0.6) is 0 Å². The maximum atomic E-state index is 11.0. The van der Waals surface area contributed by atoms with E-state index in [1.54, 1.807) is 12.4 Å². The molecule has 100 valence electrons. The maximum absolute atomic E-state index is 11.0. The third kappa shape index (κ3) is 3.29. The fraction of sp³-hybridized carbons (Fsp3) is 0.333. The molecule has 4 heteroatoms. The average Bonchev–Trinajstić information content (AvgIpc) is 2.42. The van der Waals surface area contributed by atoms with Gasteiger partial charge in [-0.3, -0.25) is 9.78 Å². The molecule has 4 nitrogen and oxygen atoms in total. The largest absolute Gasteiger partial charge is 0.481 e. The quantitative estimate of drug-likeness (QED) is 0.836. The number of hydrogen-bond donors (Lipinski definition) is 2. The van der Waals surface area contributed by atoms with Crippen LogP contribution >= 0.6 is 0 Å². The van der Waals surface area contributed by atoms with Gasteiger partial charge in [0.2, 0.25) is 0 Å². The molecule has 0 aliphatic rings. The van der Waals surface area contributed by atoms with Gasteiger partial charge in [0.05, 0.1) is 6.42 Å². The molecule has 0 bridgehead atoms. The first-order valence-electron chi connectivity index (χ1n) is 6.50. The first-order chi connectivity index (χ1) is 9.22. The number of fused-ring (bicyclic) bond motifs is 1. The number of carboxylic acids is 1. The van der Waals surface area contributed by atoms with Gasteiger partial charge >= 0.3 is 5.97 Å². The van der Waals surface area contributed by atoms with Crippen LogP contribution in [0.3, 0.4) is 0 Å². The van der Waals surface area contributed by atoms with Crippen molar-refractivity contribution in [1.29, 1.82) is 0 Å². The van der Waals surface area contributed by atoms with Gasteiger partial charge in [0.1, 0.15) is 0 Å². The molecule has 2 aromatic rings. The van der Waals surface area contributed by atoms with Crippen LogP contribution in [0, 0.1) is 0 Å². The van der Waals surface area contributed by atoms with Crippen molar-refractivity contribution in [3.05, 3.63) is 42.2 Å². The standard InChI is InChI=1S/C15H18N2O2/c1-2-7-17-14(8-15(18)19)13-10-16-9-11-5-3-4-6-12(11)13/h3-6,9-10,14,17H,2,7-8H2,1H3,(H,18,19). The molecule has 2 N–H and O–H groups in total. The molecule has 1 heterocycles. The van der Waals surface area contributed by atoms with Gasteiger partial charge in [-0.1, -0.05) is 31.2 Å². The second-order valence-corrected chi connectivity index (χ2v) is 4.55. The Morgan fingerprint density at radius 3 is 2.89 bits per heavy atom. The van der Waals surface area contributed by atoms with Crippen molar-refractivity contribution in [1.82, 2.24) is 10.3 Å². The summed E-state index contributed by atoms with van der Waals surface area (Å²) < 4.78 is 0. The van der Waals surface area contributed by atoms with Crippen molar-refractivity contribution in [2.24, 2.45) is 0 Å². The van der Waals surface area contributed by atoms with E-state index in [9.17, 15) is 4.79 Å². The Kier molecular flexibility index (Phi) is 4.47. The van der Waals surface area contributed by atoms with Crippen LogP contribution in [0.25, 0.3) is 10.8 Å². The number of rotatable bonds is 6. The van der Waals surface area contributed by atoms with Gasteiger partial charge in [-0.25, -0.2) is 0 Å². The Morgan fingerprint density at radius 2 is 2.16 bits per heavy atom. The smallest absolute Gasteiger partial charge is 0.305 e. The van der Waals surface area contributed by atoms with Gasteiger partial charge in [-0.15, -0.1) is 0 Å². The summed E-state index contributed by atoms with van der Waals surface area (Å²) in [5, 5.41) is 14.4. The molecule has 1 aromatic carbocycles. The SMILES string of the molecule is CCCNC(CC(=O)O)c1cncc2ccccc12. The fourth-order valence-corrected chi connectivity index (χ4v) is 2.20. The van der Waals surface area contributed by atoms with E-state index < -0.39 is 5.97 Å². The molecular formula is C15H18N2O2. The van der Waals surface area contributed by atoms with Crippen LogP contribution < -0.4 is 5.32 Å². The van der Waals surface area contributed by atoms with E-state index >= 15 is 0 Å². The molecular weight excluding hydrogens is 240 g/mol. The van der Waals surface area contributed by atoms with E-state index in [4.69, 9.17) is 5.11 Å². The first kappa shape index (κ1) is 13.5. The number of hydrogen-bond acceptors (Lipinski definition) is 3. The lowest BCUT2D eigenvalue weighted by Crippen LogP contribution is -2.25. The zero-order chi connectivity index (χ0) is 13.7. The lowest BCUT2D eigenvalue weighted by Gasteiger charge is -2.18. The maximum Gasteiger partial charge on any atom is 0.305 e. The Morgan fingerprint density at radius 1 is 1.37 bits per heavy atom. The second-order valence-electron chi connectivity index (χ2n) is 4.55. The lowest BCUT2D eigenvalue weighted by atomic mass is 9.99. The van der Waals surface area contributed by atoms with E-state index in [2.05, 4.69) is 17.2 Å². The van der Waals surface area contributed by atoms with Crippen LogP contribution in [-0.2, 0) is 4.79 Å². The predicted octanol–water partition coefficient (Wildman–Crippen LogP) is 2.75. The first-order valence-corrected chi connectivity index (χ1v) is 6.50. The molecule has 0 saturated carbocycles. The number of pyridine rings is 1. The minimum absolute atomic E-state index is 0.0652. The summed E-state index contributed by atoms with van der Waals surface area (Å²) in [5.74, 6) is -0.804. The average molecular weight is 258 g/mol. The molecule has 0 radical (unpaired) electrons. The summed E-state index contributed by atoms with van der Waals surface area (Å²) in [6.07, 6.45) is 4.60. The zero-order valence-electron chi connectivity index (χ0n) is 11.0. The van der Waals surface area contributed by atoms with Crippen LogP contribution in [-0.4, -0.2) is 22.6 Å². The van der Waals surface area contributed by atoms with Crippen molar-refractivity contribution < 1.29 is 9.90 Å². The van der Waals surface area contributed by atoms with E-state index in [-0.39, 0.29) is 12.5 Å². The Bertz CT molecular complexity index is 564. The summed E-state index contributed by atoms with van der Waals surface area (Å²) in [6, 6.07) is 7.72. The molecule has 2 rings (SSSR count). The summed E-state index contributed by atoms with van der Waals surface area (Å²) >= 11 is 0. The van der Waals surface area contributed by atoms with Crippen molar-refractivity contribution >= 4 is 16.7 Å². The Balaban J connectivity index is 2.39. The molecule has 1 aromatic heterocycles. The number of aromatic nitrogens is 1. The fourth-order valence-electron chi connectivity index (χ4n) is 2.20. The van der Waals surface area contributed by atoms with Crippen molar-refractivity contribution in [3.63, 3.8) is 0 Å². The number of benzene rings is 1. The molecule has 0 aliphatic carbocycles. The third-order valence-electron chi connectivity index (χ3n) is 3.09. The number of carbonyl (C=O) groups is 1. The highest BCUT2D eigenvalue weighted by Gasteiger charge is 2.17. The minimum Gasteiger partial charge on any atom is -0.481 e. The second kappa shape index (κ2) is 6.29. The summed E-state index contributed by atoms with van der Waals surface area (Å²) in [6.45, 7) is 2.85. The molecule has 1 unspecified atom stereocenters. The summed E-state index contributed by atoms with van der Waals surface area (Å²) in [7, 11) is 0. The molecule has 0 fully saturated rings. The van der Waals surface area contributed by atoms with E-state index in [0.29, 0.717) is 0 Å². The third-order valence-corrected chi connectivity index (χ3v) is 3.09. The van der Waals surface area contributed by atoms with Crippen molar-refractivity contribution in [2.45, 2.75) is 25.8 Å². The highest BCUT2D eigenvalue weighted by Crippen LogP contribution is 2.25. The van der Waals surface area contributed by atoms with Gasteiger partial charge in [0, 0.05) is 23.8 Å². The van der Waals surface area contributed by atoms with Crippen LogP contribution in [0.15, 0.2) is 36.7 Å². The van der Waals surface area contributed by atoms with E-state index in [0.717, 1.165) is 29.3 Å². The molecule has 0 spiro atoms. The summed E-state index contributed by atoms with van der Waals surface area (Å²) in [5.41, 5.74) is 0.953. The normalized spacial score (nSPS) is 12.5. The van der Waals surface area contributed by atoms with Gasteiger partial charge in [-0.2, -0.15) is 0 Å². The molecule has 1 atom stereocenters. The Labute approximate surface area is 112 Å². The summed E-state index contributed by atoms with van der Waals surface area (Å²) in [4.78, 5) is 15.2. The molecule has 19 heavy (non-hydrogen) atoms. The molecule has 0 aliphatic heterocycles. The van der Waals surface area contributed by atoms with Gasteiger partial charge < -0.3 is 10.4 Å². The van der Waals surface area contributed by atoms with Crippen molar-refractivity contribution in [3.8, 4) is 0 Å². The molecule has 0 saturated heterocycles. The highest BCUT2D eigenvalue weighted by atomic mass is 16.4. The van der Waals surface area contributed by atoms with Gasteiger partial charge in [-0.05, 0) is 23.9 Å². The number of nitrogens with zero attached hydrogens (tertiary/aromatic N) is 1. The number of nitrogens with one attached hydrogen (secondary N) is 1. The Hall–Kier alpha value is -1.94. The topological polar surface area (TPSA) is 62.2 Å². The zero-order valence-corrected chi connectivity index (χ0v) is 11.0. The van der Waals surface area contributed by atoms with Crippen LogP contribution in [0.1, 0.15) is 31.4 Å². The highest BCUT2D eigenvalue weighted by molar-refractivity contribution is 5.85. The van der Waals surface area contributed by atoms with Crippen LogP contribution in [0.2, 0.25) is 0 Å². The van der Waals surface area contributed by atoms with Gasteiger partial charge in [0.15, 0.2) is 0 Å². The van der Waals surface area contributed by atoms with Crippen molar-refractivity contribution in [2.75, 3.05) is 6.54 Å². The predicted molar refractivity (Wildman–Crippen MR) is 75.0 cm³/mol. The van der Waals surface area contributed by atoms with E-state index in [1.165, 1.54) is 0 Å². The number of carboxylic acid groups (broad SMARTS) is 1.